The lowest BCUT2D eigenvalue weighted by Crippen LogP contribution is -2.07. The van der Waals surface area contributed by atoms with Crippen LogP contribution < -0.4 is 4.74 Å². The molecule has 0 bridgehead atoms. The third kappa shape index (κ3) is 2.99. The Morgan fingerprint density at radius 1 is 1.21 bits per heavy atom. The number of carbonyl (C=O) groups is 1. The molecule has 0 aromatic heterocycles. The molecule has 0 atom stereocenters. The molecule has 2 aromatic rings. The molecule has 0 saturated heterocycles. The fraction of sp³-hybridized carbons (Fsp3) is 0.188. The molecule has 98 valence electrons. The van der Waals surface area contributed by atoms with Crippen molar-refractivity contribution in [2.24, 2.45) is 0 Å². The number of halogens is 1. The highest BCUT2D eigenvalue weighted by atomic mass is 19.1. The van der Waals surface area contributed by atoms with Gasteiger partial charge in [0.2, 0.25) is 0 Å². The Labute approximate surface area is 111 Å². The lowest BCUT2D eigenvalue weighted by molar-refractivity contribution is 0.0989. The summed E-state index contributed by atoms with van der Waals surface area (Å²) in [6.07, 6.45) is 0.164. The molecule has 0 aliphatic heterocycles. The first kappa shape index (κ1) is 13.3. The highest BCUT2D eigenvalue weighted by Crippen LogP contribution is 2.17. The Morgan fingerprint density at radius 2 is 1.95 bits per heavy atom. The van der Waals surface area contributed by atoms with Crippen LogP contribution in [0.25, 0.3) is 0 Å². The van der Waals surface area contributed by atoms with Crippen molar-refractivity contribution in [3.05, 3.63) is 65.0 Å². The van der Waals surface area contributed by atoms with Crippen molar-refractivity contribution in [1.82, 2.24) is 0 Å². The van der Waals surface area contributed by atoms with Gasteiger partial charge in [-0.3, -0.25) is 4.79 Å². The number of hydrogen-bond donors (Lipinski definition) is 0. The van der Waals surface area contributed by atoms with Gasteiger partial charge in [-0.15, -0.1) is 0 Å². The largest absolute Gasteiger partial charge is 0.497 e. The Hall–Kier alpha value is -2.16. The maximum atomic E-state index is 13.9. The van der Waals surface area contributed by atoms with Gasteiger partial charge in [-0.25, -0.2) is 4.39 Å². The topological polar surface area (TPSA) is 26.3 Å². The van der Waals surface area contributed by atoms with Crippen LogP contribution >= 0.6 is 0 Å². The summed E-state index contributed by atoms with van der Waals surface area (Å²) in [5, 5.41) is 0. The zero-order valence-corrected chi connectivity index (χ0v) is 10.9. The number of rotatable bonds is 4. The minimum atomic E-state index is -0.435. The number of ketones is 1. The summed E-state index contributed by atoms with van der Waals surface area (Å²) < 4.78 is 19.0. The number of benzene rings is 2. The van der Waals surface area contributed by atoms with E-state index in [0.717, 1.165) is 5.56 Å². The van der Waals surface area contributed by atoms with E-state index >= 15 is 0 Å². The zero-order valence-electron chi connectivity index (χ0n) is 10.9. The number of carbonyl (C=O) groups excluding carboxylic acids is 1. The number of Topliss-reactive ketones (excluding diaryl/α,β-unsaturated/α-hetero) is 1. The van der Waals surface area contributed by atoms with Crippen molar-refractivity contribution >= 4 is 5.78 Å². The monoisotopic (exact) mass is 258 g/mol. The number of ether oxygens (including phenoxy) is 1. The van der Waals surface area contributed by atoms with Gasteiger partial charge >= 0.3 is 0 Å². The van der Waals surface area contributed by atoms with E-state index in [9.17, 15) is 9.18 Å². The van der Waals surface area contributed by atoms with Gasteiger partial charge in [-0.2, -0.15) is 0 Å². The van der Waals surface area contributed by atoms with E-state index in [-0.39, 0.29) is 17.8 Å². The molecule has 2 aromatic carbocycles. The van der Waals surface area contributed by atoms with E-state index < -0.39 is 5.82 Å². The summed E-state index contributed by atoms with van der Waals surface area (Å²) >= 11 is 0. The van der Waals surface area contributed by atoms with Crippen molar-refractivity contribution in [1.29, 1.82) is 0 Å². The standard InChI is InChI=1S/C16H15FO2/c1-11-5-3-8-14(16(11)17)15(18)10-12-6-4-7-13(9-12)19-2/h3-9H,10H2,1-2H3. The van der Waals surface area contributed by atoms with Gasteiger partial charge in [0, 0.05) is 6.42 Å². The van der Waals surface area contributed by atoms with Crippen LogP contribution in [0.1, 0.15) is 21.5 Å². The van der Waals surface area contributed by atoms with Crippen molar-refractivity contribution in [3.8, 4) is 5.75 Å². The molecular weight excluding hydrogens is 243 g/mol. The van der Waals surface area contributed by atoms with Gasteiger partial charge in [-0.1, -0.05) is 24.3 Å². The van der Waals surface area contributed by atoms with Gasteiger partial charge in [0.05, 0.1) is 12.7 Å². The summed E-state index contributed by atoms with van der Waals surface area (Å²) in [6, 6.07) is 12.1. The van der Waals surface area contributed by atoms with Crippen molar-refractivity contribution < 1.29 is 13.9 Å². The molecule has 0 aliphatic rings. The quantitative estimate of drug-likeness (QED) is 0.784. The van der Waals surface area contributed by atoms with Crippen molar-refractivity contribution in [3.63, 3.8) is 0 Å². The molecule has 0 fully saturated rings. The SMILES string of the molecule is COc1cccc(CC(=O)c2cccc(C)c2F)c1. The summed E-state index contributed by atoms with van der Waals surface area (Å²) in [5.74, 6) is 0.0277. The molecule has 0 spiro atoms. The Balaban J connectivity index is 2.23. The molecule has 0 aliphatic carbocycles. The first-order valence-electron chi connectivity index (χ1n) is 6.03. The predicted molar refractivity (Wildman–Crippen MR) is 72.2 cm³/mol. The van der Waals surface area contributed by atoms with Crippen LogP contribution in [0.3, 0.4) is 0 Å². The smallest absolute Gasteiger partial charge is 0.170 e. The zero-order chi connectivity index (χ0) is 13.8. The average Bonchev–Trinajstić information content (AvgIpc) is 2.42. The summed E-state index contributed by atoms with van der Waals surface area (Å²) in [7, 11) is 1.57. The van der Waals surface area contributed by atoms with E-state index in [1.807, 2.05) is 12.1 Å². The Bertz CT molecular complexity index is 605. The van der Waals surface area contributed by atoms with Gasteiger partial charge in [0.25, 0.3) is 0 Å². The Kier molecular flexibility index (Phi) is 3.95. The molecule has 0 N–H and O–H groups in total. The molecule has 0 saturated carbocycles. The molecule has 19 heavy (non-hydrogen) atoms. The lowest BCUT2D eigenvalue weighted by atomic mass is 10.0. The lowest BCUT2D eigenvalue weighted by Gasteiger charge is -2.06. The Morgan fingerprint density at radius 3 is 2.68 bits per heavy atom. The summed E-state index contributed by atoms with van der Waals surface area (Å²) in [4.78, 5) is 12.1. The van der Waals surface area contributed by atoms with Crippen LogP contribution in [-0.2, 0) is 6.42 Å². The predicted octanol–water partition coefficient (Wildman–Crippen LogP) is 3.57. The van der Waals surface area contributed by atoms with Crippen LogP contribution in [0.15, 0.2) is 42.5 Å². The fourth-order valence-electron chi connectivity index (χ4n) is 1.93. The molecule has 0 unspecified atom stereocenters. The minimum Gasteiger partial charge on any atom is -0.497 e. The van der Waals surface area contributed by atoms with Gasteiger partial charge < -0.3 is 4.74 Å². The highest BCUT2D eigenvalue weighted by molar-refractivity contribution is 5.98. The van der Waals surface area contributed by atoms with Gasteiger partial charge in [0.15, 0.2) is 5.78 Å². The van der Waals surface area contributed by atoms with Gasteiger partial charge in [0.1, 0.15) is 11.6 Å². The first-order valence-corrected chi connectivity index (χ1v) is 6.03. The van der Waals surface area contributed by atoms with Crippen LogP contribution in [0, 0.1) is 12.7 Å². The molecular formula is C16H15FO2. The van der Waals surface area contributed by atoms with E-state index in [4.69, 9.17) is 4.74 Å². The first-order chi connectivity index (χ1) is 9.11. The van der Waals surface area contributed by atoms with Gasteiger partial charge in [-0.05, 0) is 36.2 Å². The van der Waals surface area contributed by atoms with E-state index in [1.165, 1.54) is 6.07 Å². The molecule has 2 nitrogen and oxygen atoms in total. The third-order valence-corrected chi connectivity index (χ3v) is 2.99. The molecule has 0 amide bonds. The van der Waals surface area contributed by atoms with E-state index in [0.29, 0.717) is 11.3 Å². The second-order valence-corrected chi connectivity index (χ2v) is 4.39. The molecule has 2 rings (SSSR count). The summed E-state index contributed by atoms with van der Waals surface area (Å²) in [5.41, 5.74) is 1.43. The number of methoxy groups -OCH3 is 1. The van der Waals surface area contributed by atoms with Crippen molar-refractivity contribution in [2.75, 3.05) is 7.11 Å². The average molecular weight is 258 g/mol. The third-order valence-electron chi connectivity index (χ3n) is 2.99. The van der Waals surface area contributed by atoms with Crippen LogP contribution in [0.5, 0.6) is 5.75 Å². The second-order valence-electron chi connectivity index (χ2n) is 4.39. The molecule has 0 heterocycles. The van der Waals surface area contributed by atoms with E-state index in [2.05, 4.69) is 0 Å². The highest BCUT2D eigenvalue weighted by Gasteiger charge is 2.13. The fourth-order valence-corrected chi connectivity index (χ4v) is 1.93. The van der Waals surface area contributed by atoms with Crippen LogP contribution in [0.2, 0.25) is 0 Å². The van der Waals surface area contributed by atoms with E-state index in [1.54, 1.807) is 38.3 Å². The van der Waals surface area contributed by atoms with Crippen LogP contribution in [0.4, 0.5) is 4.39 Å². The molecule has 3 heteroatoms. The maximum absolute atomic E-state index is 13.9. The second kappa shape index (κ2) is 5.65. The minimum absolute atomic E-state index is 0.141. The van der Waals surface area contributed by atoms with Crippen LogP contribution in [-0.4, -0.2) is 12.9 Å². The maximum Gasteiger partial charge on any atom is 0.170 e. The normalized spacial score (nSPS) is 10.3. The number of hydrogen-bond acceptors (Lipinski definition) is 2. The molecule has 0 radical (unpaired) electrons. The van der Waals surface area contributed by atoms with Crippen molar-refractivity contribution in [2.45, 2.75) is 13.3 Å². The number of aryl methyl sites for hydroxylation is 1. The summed E-state index contributed by atoms with van der Waals surface area (Å²) in [6.45, 7) is 1.65.